The number of carbonyl (C=O) groups is 1. The van der Waals surface area contributed by atoms with Crippen molar-refractivity contribution in [1.29, 1.82) is 0 Å². The monoisotopic (exact) mass is 278 g/mol. The van der Waals surface area contributed by atoms with Crippen LogP contribution < -0.4 is 4.74 Å². The Balaban J connectivity index is 2.51. The highest BCUT2D eigenvalue weighted by molar-refractivity contribution is 5.75. The van der Waals surface area contributed by atoms with Crippen molar-refractivity contribution in [3.63, 3.8) is 0 Å². The lowest BCUT2D eigenvalue weighted by Crippen LogP contribution is -2.00. The number of carboxylic acids is 1. The van der Waals surface area contributed by atoms with E-state index in [1.165, 1.54) is 13.2 Å². The first-order chi connectivity index (χ1) is 9.51. The largest absolute Gasteiger partial charge is 0.496 e. The first-order valence-corrected chi connectivity index (χ1v) is 5.85. The van der Waals surface area contributed by atoms with Gasteiger partial charge in [-0.05, 0) is 35.4 Å². The molecule has 2 rings (SSSR count). The van der Waals surface area contributed by atoms with Gasteiger partial charge in [0, 0.05) is 5.56 Å². The summed E-state index contributed by atoms with van der Waals surface area (Å²) in [6.45, 7) is 0. The molecule has 0 fully saturated rings. The van der Waals surface area contributed by atoms with Crippen molar-refractivity contribution < 1.29 is 23.4 Å². The molecule has 0 saturated heterocycles. The number of rotatable bonds is 4. The maximum atomic E-state index is 13.3. The van der Waals surface area contributed by atoms with E-state index in [0.717, 1.165) is 12.1 Å². The summed E-state index contributed by atoms with van der Waals surface area (Å²) < 4.78 is 31.4. The Morgan fingerprint density at radius 2 is 1.90 bits per heavy atom. The number of carboxylic acid groups (broad SMARTS) is 1. The van der Waals surface area contributed by atoms with Gasteiger partial charge < -0.3 is 9.84 Å². The van der Waals surface area contributed by atoms with Crippen molar-refractivity contribution in [3.8, 4) is 16.9 Å². The Kier molecular flexibility index (Phi) is 3.98. The maximum Gasteiger partial charge on any atom is 0.307 e. The highest BCUT2D eigenvalue weighted by atomic mass is 19.2. The van der Waals surface area contributed by atoms with Crippen LogP contribution in [0.4, 0.5) is 8.78 Å². The minimum absolute atomic E-state index is 0.152. The van der Waals surface area contributed by atoms with Crippen LogP contribution in [-0.2, 0) is 11.2 Å². The molecule has 0 saturated carbocycles. The van der Waals surface area contributed by atoms with Crippen molar-refractivity contribution in [1.82, 2.24) is 0 Å². The zero-order chi connectivity index (χ0) is 14.7. The van der Waals surface area contributed by atoms with E-state index in [1.54, 1.807) is 18.2 Å². The van der Waals surface area contributed by atoms with Gasteiger partial charge >= 0.3 is 5.97 Å². The molecule has 2 aromatic carbocycles. The minimum atomic E-state index is -0.966. The van der Waals surface area contributed by atoms with Crippen LogP contribution >= 0.6 is 0 Å². The van der Waals surface area contributed by atoms with Crippen LogP contribution in [-0.4, -0.2) is 18.2 Å². The molecule has 1 N–H and O–H groups in total. The Morgan fingerprint density at radius 3 is 2.50 bits per heavy atom. The van der Waals surface area contributed by atoms with E-state index >= 15 is 0 Å². The highest BCUT2D eigenvalue weighted by Gasteiger charge is 2.11. The number of benzene rings is 2. The summed E-state index contributed by atoms with van der Waals surface area (Å²) in [5.41, 5.74) is 1.50. The standard InChI is InChI=1S/C15H12F2O3/c1-20-14-5-2-9(7-15(18)19)6-11(14)10-3-4-12(16)13(17)8-10/h2-6,8H,7H2,1H3,(H,18,19). The van der Waals surface area contributed by atoms with Gasteiger partial charge in [-0.3, -0.25) is 4.79 Å². The van der Waals surface area contributed by atoms with Crippen molar-refractivity contribution in [2.45, 2.75) is 6.42 Å². The smallest absolute Gasteiger partial charge is 0.307 e. The molecule has 0 amide bonds. The van der Waals surface area contributed by atoms with Crippen molar-refractivity contribution >= 4 is 5.97 Å². The summed E-state index contributed by atoms with van der Waals surface area (Å²) in [5, 5.41) is 8.79. The molecule has 0 unspecified atom stereocenters. The fraction of sp³-hybridized carbons (Fsp3) is 0.133. The lowest BCUT2D eigenvalue weighted by molar-refractivity contribution is -0.136. The molecular weight excluding hydrogens is 266 g/mol. The number of halogens is 2. The Hall–Kier alpha value is -2.43. The van der Waals surface area contributed by atoms with Gasteiger partial charge in [-0.25, -0.2) is 8.78 Å². The van der Waals surface area contributed by atoms with Crippen LogP contribution in [0.5, 0.6) is 5.75 Å². The van der Waals surface area contributed by atoms with Gasteiger partial charge in [0.15, 0.2) is 11.6 Å². The van der Waals surface area contributed by atoms with Crippen LogP contribution in [0, 0.1) is 11.6 Å². The molecule has 0 aromatic heterocycles. The van der Waals surface area contributed by atoms with E-state index in [2.05, 4.69) is 0 Å². The predicted molar refractivity (Wildman–Crippen MR) is 69.7 cm³/mol. The molecule has 5 heteroatoms. The van der Waals surface area contributed by atoms with E-state index in [1.807, 2.05) is 0 Å². The second-order valence-corrected chi connectivity index (χ2v) is 4.23. The predicted octanol–water partition coefficient (Wildman–Crippen LogP) is 3.27. The third kappa shape index (κ3) is 2.93. The number of hydrogen-bond acceptors (Lipinski definition) is 2. The third-order valence-corrected chi connectivity index (χ3v) is 2.85. The van der Waals surface area contributed by atoms with E-state index in [-0.39, 0.29) is 6.42 Å². The van der Waals surface area contributed by atoms with Crippen molar-refractivity contribution in [3.05, 3.63) is 53.6 Å². The molecule has 0 aliphatic carbocycles. The molecule has 0 spiro atoms. The van der Waals surface area contributed by atoms with Gasteiger partial charge in [0.05, 0.1) is 13.5 Å². The van der Waals surface area contributed by atoms with Crippen LogP contribution in [0.3, 0.4) is 0 Å². The molecule has 0 aliphatic rings. The Morgan fingerprint density at radius 1 is 1.15 bits per heavy atom. The van der Waals surface area contributed by atoms with Gasteiger partial charge in [0.2, 0.25) is 0 Å². The Labute approximate surface area is 114 Å². The van der Waals surface area contributed by atoms with E-state index in [9.17, 15) is 13.6 Å². The average Bonchev–Trinajstić information content (AvgIpc) is 2.41. The van der Waals surface area contributed by atoms with Gasteiger partial charge in [-0.2, -0.15) is 0 Å². The quantitative estimate of drug-likeness (QED) is 0.933. The molecule has 0 bridgehead atoms. The van der Waals surface area contributed by atoms with E-state index in [0.29, 0.717) is 22.4 Å². The maximum absolute atomic E-state index is 13.3. The molecular formula is C15H12F2O3. The van der Waals surface area contributed by atoms with Gasteiger partial charge in [-0.1, -0.05) is 12.1 Å². The molecule has 20 heavy (non-hydrogen) atoms. The lowest BCUT2D eigenvalue weighted by Gasteiger charge is -2.11. The molecule has 3 nitrogen and oxygen atoms in total. The summed E-state index contributed by atoms with van der Waals surface area (Å²) in [6.07, 6.45) is -0.152. The van der Waals surface area contributed by atoms with E-state index in [4.69, 9.17) is 9.84 Å². The fourth-order valence-corrected chi connectivity index (χ4v) is 1.93. The third-order valence-electron chi connectivity index (χ3n) is 2.85. The van der Waals surface area contributed by atoms with Crippen molar-refractivity contribution in [2.24, 2.45) is 0 Å². The highest BCUT2D eigenvalue weighted by Crippen LogP contribution is 2.31. The Bertz CT molecular complexity index is 654. The molecule has 2 aromatic rings. The number of ether oxygens (including phenoxy) is 1. The van der Waals surface area contributed by atoms with Crippen LogP contribution in [0.2, 0.25) is 0 Å². The number of aliphatic carboxylic acids is 1. The summed E-state index contributed by atoms with van der Waals surface area (Å²) >= 11 is 0. The zero-order valence-corrected chi connectivity index (χ0v) is 10.7. The molecule has 104 valence electrons. The van der Waals surface area contributed by atoms with Crippen LogP contribution in [0.15, 0.2) is 36.4 Å². The summed E-state index contributed by atoms with van der Waals surface area (Å²) in [4.78, 5) is 10.7. The minimum Gasteiger partial charge on any atom is -0.496 e. The topological polar surface area (TPSA) is 46.5 Å². The average molecular weight is 278 g/mol. The van der Waals surface area contributed by atoms with Gasteiger partial charge in [-0.15, -0.1) is 0 Å². The molecule has 0 aliphatic heterocycles. The number of methoxy groups -OCH3 is 1. The van der Waals surface area contributed by atoms with Crippen LogP contribution in [0.25, 0.3) is 11.1 Å². The molecule has 0 heterocycles. The zero-order valence-electron chi connectivity index (χ0n) is 10.7. The number of hydrogen-bond donors (Lipinski definition) is 1. The van der Waals surface area contributed by atoms with Gasteiger partial charge in [0.25, 0.3) is 0 Å². The van der Waals surface area contributed by atoms with Crippen LogP contribution in [0.1, 0.15) is 5.56 Å². The SMILES string of the molecule is COc1ccc(CC(=O)O)cc1-c1ccc(F)c(F)c1. The molecule has 0 radical (unpaired) electrons. The van der Waals surface area contributed by atoms with E-state index < -0.39 is 17.6 Å². The first kappa shape index (κ1) is 14.0. The van der Waals surface area contributed by atoms with Crippen molar-refractivity contribution in [2.75, 3.05) is 7.11 Å². The normalized spacial score (nSPS) is 10.3. The summed E-state index contributed by atoms with van der Waals surface area (Å²) in [7, 11) is 1.45. The summed E-state index contributed by atoms with van der Waals surface area (Å²) in [6, 6.07) is 8.32. The second-order valence-electron chi connectivity index (χ2n) is 4.23. The second kappa shape index (κ2) is 5.69. The van der Waals surface area contributed by atoms with Gasteiger partial charge in [0.1, 0.15) is 5.75 Å². The first-order valence-electron chi connectivity index (χ1n) is 5.85. The molecule has 0 atom stereocenters. The fourth-order valence-electron chi connectivity index (χ4n) is 1.93. The lowest BCUT2D eigenvalue weighted by atomic mass is 10.0. The summed E-state index contributed by atoms with van der Waals surface area (Å²) in [5.74, 6) is -2.40.